The summed E-state index contributed by atoms with van der Waals surface area (Å²) in [5.74, 6) is -0.473. The Hall–Kier alpha value is -1.30. The standard InChI is InChI=1S/C16H31NO5/c1-6-12(18)10-8-7-9-11-13(14(19)21-5)17-15(20)22-16(2,3)4/h12-13,18H,6-11H2,1-5H3,(H,17,20)/t12?,13-/m0/s1. The number of unbranched alkanes of at least 4 members (excludes halogenated alkanes) is 2. The predicted molar refractivity (Wildman–Crippen MR) is 84.6 cm³/mol. The number of ether oxygens (including phenoxy) is 2. The molecule has 0 heterocycles. The zero-order chi connectivity index (χ0) is 17.2. The highest BCUT2D eigenvalue weighted by molar-refractivity contribution is 5.81. The lowest BCUT2D eigenvalue weighted by atomic mass is 10.0. The normalized spacial score (nSPS) is 14.1. The maximum Gasteiger partial charge on any atom is 0.408 e. The van der Waals surface area contributed by atoms with Crippen molar-refractivity contribution in [2.45, 2.75) is 84.0 Å². The molecule has 0 spiro atoms. The van der Waals surface area contributed by atoms with Crippen molar-refractivity contribution >= 4 is 12.1 Å². The van der Waals surface area contributed by atoms with Crippen LogP contribution in [0.25, 0.3) is 0 Å². The van der Waals surface area contributed by atoms with Crippen LogP contribution in [0.2, 0.25) is 0 Å². The number of esters is 1. The highest BCUT2D eigenvalue weighted by Crippen LogP contribution is 2.11. The first kappa shape index (κ1) is 20.7. The van der Waals surface area contributed by atoms with Crippen LogP contribution in [0, 0.1) is 0 Å². The number of carbonyl (C=O) groups is 2. The molecule has 0 aromatic rings. The third kappa shape index (κ3) is 10.4. The number of rotatable bonds is 9. The number of hydrogen-bond acceptors (Lipinski definition) is 5. The number of nitrogens with one attached hydrogen (secondary N) is 1. The third-order valence-electron chi connectivity index (χ3n) is 3.18. The van der Waals surface area contributed by atoms with Crippen LogP contribution >= 0.6 is 0 Å². The SMILES string of the molecule is CCC(O)CCCCC[C@H](NC(=O)OC(C)(C)C)C(=O)OC. The van der Waals surface area contributed by atoms with Crippen LogP contribution in [0.5, 0.6) is 0 Å². The van der Waals surface area contributed by atoms with Crippen molar-refractivity contribution in [1.29, 1.82) is 0 Å². The highest BCUT2D eigenvalue weighted by atomic mass is 16.6. The van der Waals surface area contributed by atoms with Gasteiger partial charge in [0, 0.05) is 0 Å². The van der Waals surface area contributed by atoms with E-state index in [1.54, 1.807) is 20.8 Å². The molecule has 2 atom stereocenters. The first-order valence-electron chi connectivity index (χ1n) is 7.95. The number of amides is 1. The average molecular weight is 317 g/mol. The fourth-order valence-electron chi connectivity index (χ4n) is 1.95. The minimum absolute atomic E-state index is 0.253. The summed E-state index contributed by atoms with van der Waals surface area (Å²) >= 11 is 0. The van der Waals surface area contributed by atoms with Gasteiger partial charge in [0.2, 0.25) is 0 Å². The van der Waals surface area contributed by atoms with Gasteiger partial charge in [-0.3, -0.25) is 0 Å². The van der Waals surface area contributed by atoms with Gasteiger partial charge in [0.25, 0.3) is 0 Å². The topological polar surface area (TPSA) is 84.9 Å². The quantitative estimate of drug-likeness (QED) is 0.504. The summed E-state index contributed by atoms with van der Waals surface area (Å²) in [6.07, 6.45) is 3.69. The van der Waals surface area contributed by atoms with Crippen LogP contribution in [-0.4, -0.2) is 42.0 Å². The van der Waals surface area contributed by atoms with E-state index < -0.39 is 23.7 Å². The van der Waals surface area contributed by atoms with Crippen LogP contribution in [0.3, 0.4) is 0 Å². The molecule has 0 bridgehead atoms. The Labute approximate surface area is 133 Å². The minimum Gasteiger partial charge on any atom is -0.467 e. The molecule has 0 fully saturated rings. The van der Waals surface area contributed by atoms with Gasteiger partial charge in [-0.25, -0.2) is 9.59 Å². The summed E-state index contributed by atoms with van der Waals surface area (Å²) in [6.45, 7) is 7.24. The van der Waals surface area contributed by atoms with Gasteiger partial charge in [-0.2, -0.15) is 0 Å². The average Bonchev–Trinajstić information content (AvgIpc) is 2.42. The Morgan fingerprint density at radius 3 is 2.23 bits per heavy atom. The largest absolute Gasteiger partial charge is 0.467 e. The lowest BCUT2D eigenvalue weighted by Gasteiger charge is -2.22. The van der Waals surface area contributed by atoms with Crippen LogP contribution in [-0.2, 0) is 14.3 Å². The molecule has 6 heteroatoms. The predicted octanol–water partition coefficient (Wildman–Crippen LogP) is 2.77. The number of aliphatic hydroxyl groups excluding tert-OH is 1. The Morgan fingerprint density at radius 1 is 1.14 bits per heavy atom. The summed E-state index contributed by atoms with van der Waals surface area (Å²) in [6, 6.07) is -0.698. The van der Waals surface area contributed by atoms with E-state index in [0.29, 0.717) is 6.42 Å². The van der Waals surface area contributed by atoms with Crippen molar-refractivity contribution < 1.29 is 24.2 Å². The molecule has 0 saturated carbocycles. The van der Waals surface area contributed by atoms with Crippen LogP contribution in [0.4, 0.5) is 4.79 Å². The number of alkyl carbamates (subject to hydrolysis) is 1. The molecule has 130 valence electrons. The molecule has 0 radical (unpaired) electrons. The molecule has 0 aromatic carbocycles. The second-order valence-corrected chi connectivity index (χ2v) is 6.42. The Bertz CT molecular complexity index is 338. The van der Waals surface area contributed by atoms with Gasteiger partial charge in [-0.05, 0) is 40.0 Å². The van der Waals surface area contributed by atoms with E-state index in [1.807, 2.05) is 6.92 Å². The number of aliphatic hydroxyl groups is 1. The summed E-state index contributed by atoms with van der Waals surface area (Å²) in [5, 5.41) is 12.0. The fraction of sp³-hybridized carbons (Fsp3) is 0.875. The first-order chi connectivity index (χ1) is 10.2. The summed E-state index contributed by atoms with van der Waals surface area (Å²) in [5.41, 5.74) is -0.610. The maximum atomic E-state index is 11.7. The van der Waals surface area contributed by atoms with Gasteiger partial charge in [-0.15, -0.1) is 0 Å². The lowest BCUT2D eigenvalue weighted by molar-refractivity contribution is -0.143. The van der Waals surface area contributed by atoms with E-state index in [-0.39, 0.29) is 6.10 Å². The van der Waals surface area contributed by atoms with E-state index in [2.05, 4.69) is 5.32 Å². The third-order valence-corrected chi connectivity index (χ3v) is 3.18. The maximum absolute atomic E-state index is 11.7. The molecule has 0 aliphatic heterocycles. The molecule has 2 N–H and O–H groups in total. The molecule has 0 rings (SSSR count). The van der Waals surface area contributed by atoms with Crippen molar-refractivity contribution in [2.75, 3.05) is 7.11 Å². The zero-order valence-electron chi connectivity index (χ0n) is 14.5. The van der Waals surface area contributed by atoms with Crippen molar-refractivity contribution in [1.82, 2.24) is 5.32 Å². The minimum atomic E-state index is -0.698. The van der Waals surface area contributed by atoms with Crippen molar-refractivity contribution in [3.63, 3.8) is 0 Å². The molecule has 0 aliphatic rings. The second-order valence-electron chi connectivity index (χ2n) is 6.42. The van der Waals surface area contributed by atoms with E-state index in [0.717, 1.165) is 32.1 Å². The highest BCUT2D eigenvalue weighted by Gasteiger charge is 2.24. The molecular formula is C16H31NO5. The van der Waals surface area contributed by atoms with Gasteiger partial charge in [0.15, 0.2) is 0 Å². The van der Waals surface area contributed by atoms with Gasteiger partial charge in [0.1, 0.15) is 11.6 Å². The monoisotopic (exact) mass is 317 g/mol. The second kappa shape index (κ2) is 10.4. The van der Waals surface area contributed by atoms with Crippen LogP contribution in [0.1, 0.15) is 66.2 Å². The van der Waals surface area contributed by atoms with Crippen LogP contribution < -0.4 is 5.32 Å². The van der Waals surface area contributed by atoms with E-state index in [9.17, 15) is 14.7 Å². The number of methoxy groups -OCH3 is 1. The molecular weight excluding hydrogens is 286 g/mol. The Morgan fingerprint density at radius 2 is 1.73 bits per heavy atom. The van der Waals surface area contributed by atoms with Gasteiger partial charge < -0.3 is 19.9 Å². The van der Waals surface area contributed by atoms with E-state index in [4.69, 9.17) is 9.47 Å². The van der Waals surface area contributed by atoms with Crippen molar-refractivity contribution in [2.24, 2.45) is 0 Å². The molecule has 1 amide bonds. The summed E-state index contributed by atoms with van der Waals surface area (Å²) < 4.78 is 9.85. The van der Waals surface area contributed by atoms with E-state index >= 15 is 0 Å². The van der Waals surface area contributed by atoms with Gasteiger partial charge >= 0.3 is 12.1 Å². The summed E-state index contributed by atoms with van der Waals surface area (Å²) in [4.78, 5) is 23.4. The fourth-order valence-corrected chi connectivity index (χ4v) is 1.95. The van der Waals surface area contributed by atoms with Crippen molar-refractivity contribution in [3.05, 3.63) is 0 Å². The van der Waals surface area contributed by atoms with Gasteiger partial charge in [-0.1, -0.05) is 26.2 Å². The van der Waals surface area contributed by atoms with Gasteiger partial charge in [0.05, 0.1) is 13.2 Å². The molecule has 6 nitrogen and oxygen atoms in total. The molecule has 0 aromatic heterocycles. The summed E-state index contributed by atoms with van der Waals surface area (Å²) in [7, 11) is 1.30. The first-order valence-corrected chi connectivity index (χ1v) is 7.95. The molecule has 0 aliphatic carbocycles. The molecule has 22 heavy (non-hydrogen) atoms. The Balaban J connectivity index is 4.19. The lowest BCUT2D eigenvalue weighted by Crippen LogP contribution is -2.44. The van der Waals surface area contributed by atoms with E-state index in [1.165, 1.54) is 7.11 Å². The molecule has 0 saturated heterocycles. The smallest absolute Gasteiger partial charge is 0.408 e. The number of hydrogen-bond donors (Lipinski definition) is 2. The van der Waals surface area contributed by atoms with Crippen LogP contribution in [0.15, 0.2) is 0 Å². The zero-order valence-corrected chi connectivity index (χ0v) is 14.5. The molecule has 1 unspecified atom stereocenters. The number of carbonyl (C=O) groups excluding carboxylic acids is 2. The Kier molecular flexibility index (Phi) is 9.81. The van der Waals surface area contributed by atoms with Crippen molar-refractivity contribution in [3.8, 4) is 0 Å².